The second kappa shape index (κ2) is 11.5. The van der Waals surface area contributed by atoms with Crippen molar-refractivity contribution in [3.05, 3.63) is 35.7 Å². The number of ether oxygens (including phenoxy) is 1. The molecule has 1 unspecified atom stereocenters. The van der Waals surface area contributed by atoms with Gasteiger partial charge in [-0.1, -0.05) is 13.3 Å². The van der Waals surface area contributed by atoms with Crippen LogP contribution in [0.2, 0.25) is 0 Å². The first-order chi connectivity index (χ1) is 17.6. The summed E-state index contributed by atoms with van der Waals surface area (Å²) in [6.07, 6.45) is -3.81. The van der Waals surface area contributed by atoms with E-state index in [4.69, 9.17) is 9.72 Å². The fourth-order valence-electron chi connectivity index (χ4n) is 4.61. The minimum Gasteiger partial charge on any atom is -0.375 e. The standard InChI is InChI=1S/C24H29F5N6O2/c1-2-3-17-14-35(10-11-37-17)23-31-18(15-5-8-34(9-6-15)22(36)21(25)26)13-20(33-23)32-19-12-16(4-7-30-19)24(27,28)29/h4,7,12-13,15,17,21H,2-3,5-6,8-11,14H2,1H3,(H,30,31,32,33). The number of likely N-dealkylation sites (tertiary alicyclic amines) is 1. The summed E-state index contributed by atoms with van der Waals surface area (Å²) in [5, 5.41) is 2.87. The maximum atomic E-state index is 13.2. The zero-order valence-corrected chi connectivity index (χ0v) is 20.3. The Balaban J connectivity index is 1.60. The summed E-state index contributed by atoms with van der Waals surface area (Å²) >= 11 is 0. The van der Waals surface area contributed by atoms with E-state index >= 15 is 0 Å². The minimum absolute atomic E-state index is 0.0103. The highest BCUT2D eigenvalue weighted by molar-refractivity contribution is 5.79. The molecule has 0 bridgehead atoms. The van der Waals surface area contributed by atoms with Crippen molar-refractivity contribution >= 4 is 23.5 Å². The van der Waals surface area contributed by atoms with Gasteiger partial charge in [0.2, 0.25) is 5.95 Å². The highest BCUT2D eigenvalue weighted by atomic mass is 19.4. The van der Waals surface area contributed by atoms with E-state index in [1.54, 1.807) is 6.07 Å². The normalized spacial score (nSPS) is 19.4. The number of alkyl halides is 5. The Bertz CT molecular complexity index is 1080. The summed E-state index contributed by atoms with van der Waals surface area (Å²) in [4.78, 5) is 28.1. The Morgan fingerprint density at radius 2 is 1.92 bits per heavy atom. The van der Waals surface area contributed by atoms with Gasteiger partial charge < -0.3 is 19.9 Å². The molecule has 4 heterocycles. The molecule has 2 aliphatic rings. The average Bonchev–Trinajstić information content (AvgIpc) is 2.88. The van der Waals surface area contributed by atoms with Crippen LogP contribution in [0.4, 0.5) is 39.5 Å². The summed E-state index contributed by atoms with van der Waals surface area (Å²) in [6.45, 7) is 4.01. The summed E-state index contributed by atoms with van der Waals surface area (Å²) in [7, 11) is 0. The lowest BCUT2D eigenvalue weighted by Gasteiger charge is -2.34. The second-order valence-corrected chi connectivity index (χ2v) is 9.16. The molecule has 0 aromatic carbocycles. The second-order valence-electron chi connectivity index (χ2n) is 9.16. The number of pyridine rings is 1. The fraction of sp³-hybridized carbons (Fsp3) is 0.583. The molecule has 0 saturated carbocycles. The molecule has 0 spiro atoms. The van der Waals surface area contributed by atoms with E-state index in [2.05, 4.69) is 22.2 Å². The number of nitrogens with one attached hydrogen (secondary N) is 1. The van der Waals surface area contributed by atoms with Crippen LogP contribution in [0.1, 0.15) is 49.8 Å². The molecule has 13 heteroatoms. The zero-order chi connectivity index (χ0) is 26.6. The molecule has 2 aliphatic heterocycles. The molecular weight excluding hydrogens is 499 g/mol. The quantitative estimate of drug-likeness (QED) is 0.526. The Morgan fingerprint density at radius 1 is 1.16 bits per heavy atom. The van der Waals surface area contributed by atoms with Gasteiger partial charge in [-0.05, 0) is 31.4 Å². The average molecular weight is 529 g/mol. The molecule has 0 aliphatic carbocycles. The summed E-state index contributed by atoms with van der Waals surface area (Å²) in [5.74, 6) is -0.659. The van der Waals surface area contributed by atoms with E-state index in [-0.39, 0.29) is 36.7 Å². The van der Waals surface area contributed by atoms with Crippen LogP contribution >= 0.6 is 0 Å². The zero-order valence-electron chi connectivity index (χ0n) is 20.3. The number of rotatable bonds is 7. The number of piperidine rings is 1. The number of carbonyl (C=O) groups excluding carboxylic acids is 1. The van der Waals surface area contributed by atoms with Crippen molar-refractivity contribution in [1.82, 2.24) is 19.9 Å². The van der Waals surface area contributed by atoms with Crippen LogP contribution in [0.25, 0.3) is 0 Å². The van der Waals surface area contributed by atoms with Gasteiger partial charge in [-0.2, -0.15) is 26.9 Å². The maximum Gasteiger partial charge on any atom is 0.416 e. The van der Waals surface area contributed by atoms with Crippen molar-refractivity contribution in [2.75, 3.05) is 43.0 Å². The predicted octanol–water partition coefficient (Wildman–Crippen LogP) is 4.61. The summed E-state index contributed by atoms with van der Waals surface area (Å²) < 4.78 is 71.0. The predicted molar refractivity (Wildman–Crippen MR) is 126 cm³/mol. The number of aromatic nitrogens is 3. The van der Waals surface area contributed by atoms with Crippen molar-refractivity contribution in [3.8, 4) is 0 Å². The van der Waals surface area contributed by atoms with E-state index in [0.29, 0.717) is 44.2 Å². The highest BCUT2D eigenvalue weighted by Crippen LogP contribution is 2.33. The number of amides is 1. The third-order valence-corrected chi connectivity index (χ3v) is 6.52. The Hall–Kier alpha value is -3.09. The maximum absolute atomic E-state index is 13.2. The minimum atomic E-state index is -4.52. The van der Waals surface area contributed by atoms with Crippen molar-refractivity contribution in [2.45, 2.75) is 57.2 Å². The Kier molecular flexibility index (Phi) is 8.40. The molecule has 8 nitrogen and oxygen atoms in total. The number of carbonyl (C=O) groups is 1. The first kappa shape index (κ1) is 27.0. The first-order valence-corrected chi connectivity index (χ1v) is 12.3. The van der Waals surface area contributed by atoms with E-state index in [1.165, 1.54) is 0 Å². The molecule has 2 fully saturated rings. The summed E-state index contributed by atoms with van der Waals surface area (Å²) in [5.41, 5.74) is -0.215. The summed E-state index contributed by atoms with van der Waals surface area (Å²) in [6, 6.07) is 3.44. The van der Waals surface area contributed by atoms with E-state index in [0.717, 1.165) is 36.1 Å². The van der Waals surface area contributed by atoms with Crippen LogP contribution in [-0.2, 0) is 15.7 Å². The first-order valence-electron chi connectivity index (χ1n) is 12.3. The van der Waals surface area contributed by atoms with Gasteiger partial charge in [-0.15, -0.1) is 0 Å². The molecule has 2 saturated heterocycles. The Morgan fingerprint density at radius 3 is 2.59 bits per heavy atom. The van der Waals surface area contributed by atoms with Gasteiger partial charge in [-0.25, -0.2) is 9.97 Å². The fourth-order valence-corrected chi connectivity index (χ4v) is 4.61. The number of halogens is 5. The van der Waals surface area contributed by atoms with Crippen molar-refractivity contribution < 1.29 is 31.5 Å². The molecule has 37 heavy (non-hydrogen) atoms. The lowest BCUT2D eigenvalue weighted by Crippen LogP contribution is -2.43. The van der Waals surface area contributed by atoms with Crippen LogP contribution in [0, 0.1) is 0 Å². The molecular formula is C24H29F5N6O2. The number of hydrogen-bond acceptors (Lipinski definition) is 7. The largest absolute Gasteiger partial charge is 0.416 e. The monoisotopic (exact) mass is 528 g/mol. The van der Waals surface area contributed by atoms with Gasteiger partial charge in [0.25, 0.3) is 5.91 Å². The molecule has 1 amide bonds. The van der Waals surface area contributed by atoms with Crippen LogP contribution in [-0.4, -0.2) is 71.1 Å². The molecule has 2 aromatic rings. The highest BCUT2D eigenvalue weighted by Gasteiger charge is 2.32. The number of hydrogen-bond donors (Lipinski definition) is 1. The molecule has 0 radical (unpaired) electrons. The van der Waals surface area contributed by atoms with Crippen molar-refractivity contribution in [2.24, 2.45) is 0 Å². The van der Waals surface area contributed by atoms with Crippen molar-refractivity contribution in [3.63, 3.8) is 0 Å². The van der Waals surface area contributed by atoms with Gasteiger partial charge in [0, 0.05) is 44.4 Å². The van der Waals surface area contributed by atoms with Crippen LogP contribution in [0.3, 0.4) is 0 Å². The van der Waals surface area contributed by atoms with Gasteiger partial charge in [0.15, 0.2) is 0 Å². The third-order valence-electron chi connectivity index (χ3n) is 6.52. The third kappa shape index (κ3) is 6.82. The van der Waals surface area contributed by atoms with E-state index < -0.39 is 24.1 Å². The van der Waals surface area contributed by atoms with Gasteiger partial charge in [0.05, 0.1) is 24.0 Å². The molecule has 1 N–H and O–H groups in total. The number of morpholine rings is 1. The smallest absolute Gasteiger partial charge is 0.375 e. The molecule has 1 atom stereocenters. The number of anilines is 3. The lowest BCUT2D eigenvalue weighted by molar-refractivity contribution is -0.144. The van der Waals surface area contributed by atoms with E-state index in [9.17, 15) is 26.7 Å². The van der Waals surface area contributed by atoms with Crippen LogP contribution in [0.15, 0.2) is 24.4 Å². The Labute approximate surface area is 211 Å². The van der Waals surface area contributed by atoms with Crippen LogP contribution < -0.4 is 10.2 Å². The van der Waals surface area contributed by atoms with E-state index in [1.807, 2.05) is 4.90 Å². The molecule has 2 aromatic heterocycles. The van der Waals surface area contributed by atoms with Gasteiger partial charge in [0.1, 0.15) is 11.6 Å². The lowest BCUT2D eigenvalue weighted by atomic mass is 9.93. The molecule has 202 valence electrons. The SMILES string of the molecule is CCCC1CN(c2nc(Nc3cc(C(F)(F)F)ccn3)cc(C3CCN(C(=O)C(F)F)CC3)n2)CCO1. The topological polar surface area (TPSA) is 83.5 Å². The number of nitrogens with zero attached hydrogens (tertiary/aromatic N) is 5. The van der Waals surface area contributed by atoms with Gasteiger partial charge in [-0.3, -0.25) is 4.79 Å². The van der Waals surface area contributed by atoms with Crippen LogP contribution in [0.5, 0.6) is 0 Å². The van der Waals surface area contributed by atoms with Crippen molar-refractivity contribution in [1.29, 1.82) is 0 Å². The van der Waals surface area contributed by atoms with Gasteiger partial charge >= 0.3 is 12.6 Å². The molecule has 4 rings (SSSR count).